The van der Waals surface area contributed by atoms with E-state index >= 15 is 0 Å². The summed E-state index contributed by atoms with van der Waals surface area (Å²) < 4.78 is 10.7. The number of carbonyl (C=O) groups is 1. The molecular weight excluding hydrogens is 254 g/mol. The van der Waals surface area contributed by atoms with Crippen LogP contribution in [0.15, 0.2) is 24.3 Å². The molecule has 1 aliphatic rings. The van der Waals surface area contributed by atoms with Crippen LogP contribution in [-0.4, -0.2) is 25.6 Å². The van der Waals surface area contributed by atoms with E-state index in [0.717, 1.165) is 6.42 Å². The number of benzene rings is 1. The molecule has 1 aromatic rings. The molecule has 1 saturated heterocycles. The molecule has 0 aliphatic carbocycles. The molecule has 0 bridgehead atoms. The molecule has 2 rings (SSSR count). The summed E-state index contributed by atoms with van der Waals surface area (Å²) in [6, 6.07) is 9.28. The number of ketones is 1. The van der Waals surface area contributed by atoms with Gasteiger partial charge in [0.05, 0.1) is 19.3 Å². The Morgan fingerprint density at radius 2 is 2.40 bits per heavy atom. The molecule has 1 fully saturated rings. The number of nitriles is 1. The normalized spacial score (nSPS) is 23.1. The van der Waals surface area contributed by atoms with Gasteiger partial charge in [0.15, 0.2) is 5.78 Å². The first kappa shape index (κ1) is 14.5. The summed E-state index contributed by atoms with van der Waals surface area (Å²) in [5.74, 6) is -0.294. The molecule has 4 heteroatoms. The highest BCUT2D eigenvalue weighted by Crippen LogP contribution is 2.31. The van der Waals surface area contributed by atoms with Gasteiger partial charge < -0.3 is 9.47 Å². The van der Waals surface area contributed by atoms with E-state index in [0.29, 0.717) is 24.3 Å². The minimum absolute atomic E-state index is 0.0369. The van der Waals surface area contributed by atoms with E-state index in [1.807, 2.05) is 6.92 Å². The minimum Gasteiger partial charge on any atom is -0.497 e. The second kappa shape index (κ2) is 6.53. The molecule has 0 N–H and O–H groups in total. The van der Waals surface area contributed by atoms with Crippen molar-refractivity contribution in [2.24, 2.45) is 5.92 Å². The zero-order valence-electron chi connectivity index (χ0n) is 11.8. The number of hydrogen-bond acceptors (Lipinski definition) is 4. The highest BCUT2D eigenvalue weighted by Gasteiger charge is 2.37. The summed E-state index contributed by atoms with van der Waals surface area (Å²) in [6.07, 6.45) is 1.45. The summed E-state index contributed by atoms with van der Waals surface area (Å²) in [5, 5.41) is 9.38. The molecule has 0 radical (unpaired) electrons. The topological polar surface area (TPSA) is 59.3 Å². The van der Waals surface area contributed by atoms with E-state index in [9.17, 15) is 10.1 Å². The summed E-state index contributed by atoms with van der Waals surface area (Å²) in [5.41, 5.74) is 0.693. The van der Waals surface area contributed by atoms with Crippen molar-refractivity contribution in [1.29, 1.82) is 5.26 Å². The number of Topliss-reactive ketones (excluding diaryl/α,β-unsaturated/α-hetero) is 1. The van der Waals surface area contributed by atoms with Gasteiger partial charge in [0.2, 0.25) is 0 Å². The molecule has 1 aliphatic heterocycles. The van der Waals surface area contributed by atoms with Gasteiger partial charge in [0.25, 0.3) is 0 Å². The van der Waals surface area contributed by atoms with E-state index in [-0.39, 0.29) is 17.8 Å². The number of carbonyl (C=O) groups excluding carboxylic acids is 1. The number of hydrogen-bond donors (Lipinski definition) is 0. The van der Waals surface area contributed by atoms with Crippen LogP contribution in [0.25, 0.3) is 0 Å². The van der Waals surface area contributed by atoms with Crippen molar-refractivity contribution < 1.29 is 14.3 Å². The fourth-order valence-corrected chi connectivity index (χ4v) is 2.71. The molecule has 0 aromatic heterocycles. The van der Waals surface area contributed by atoms with Crippen molar-refractivity contribution in [3.63, 3.8) is 0 Å². The Labute approximate surface area is 119 Å². The van der Waals surface area contributed by atoms with E-state index in [1.54, 1.807) is 31.4 Å². The van der Waals surface area contributed by atoms with Crippen LogP contribution in [0.5, 0.6) is 5.75 Å². The van der Waals surface area contributed by atoms with E-state index in [4.69, 9.17) is 9.47 Å². The van der Waals surface area contributed by atoms with Crippen molar-refractivity contribution in [3.05, 3.63) is 29.8 Å². The predicted molar refractivity (Wildman–Crippen MR) is 74.5 cm³/mol. The van der Waals surface area contributed by atoms with Gasteiger partial charge in [0, 0.05) is 12.5 Å². The highest BCUT2D eigenvalue weighted by molar-refractivity contribution is 5.91. The van der Waals surface area contributed by atoms with Gasteiger partial charge in [-0.25, -0.2) is 0 Å². The van der Waals surface area contributed by atoms with Crippen LogP contribution in [-0.2, 0) is 9.53 Å². The molecule has 1 aromatic carbocycles. The SMILES string of the molecule is CCC1OCCC1C(=O)C(C#N)c1cccc(OC)c1. The number of rotatable bonds is 5. The smallest absolute Gasteiger partial charge is 0.160 e. The molecule has 3 atom stereocenters. The van der Waals surface area contributed by atoms with Crippen LogP contribution in [0, 0.1) is 17.2 Å². The third-order valence-electron chi connectivity index (χ3n) is 3.82. The maximum Gasteiger partial charge on any atom is 0.160 e. The number of nitrogens with zero attached hydrogens (tertiary/aromatic N) is 1. The summed E-state index contributed by atoms with van der Waals surface area (Å²) in [7, 11) is 1.57. The molecule has 4 nitrogen and oxygen atoms in total. The van der Waals surface area contributed by atoms with Crippen molar-refractivity contribution >= 4 is 5.78 Å². The highest BCUT2D eigenvalue weighted by atomic mass is 16.5. The van der Waals surface area contributed by atoms with Crippen LogP contribution < -0.4 is 4.74 Å². The Hall–Kier alpha value is -1.86. The Balaban J connectivity index is 2.23. The quantitative estimate of drug-likeness (QED) is 0.827. The first-order valence-electron chi connectivity index (χ1n) is 6.90. The van der Waals surface area contributed by atoms with Crippen LogP contribution in [0.4, 0.5) is 0 Å². The number of methoxy groups -OCH3 is 1. The maximum absolute atomic E-state index is 12.6. The molecule has 3 unspecified atom stereocenters. The largest absolute Gasteiger partial charge is 0.497 e. The van der Waals surface area contributed by atoms with Crippen LogP contribution in [0.3, 0.4) is 0 Å². The van der Waals surface area contributed by atoms with Gasteiger partial charge in [-0.15, -0.1) is 0 Å². The second-order valence-corrected chi connectivity index (χ2v) is 4.95. The standard InChI is InChI=1S/C16H19NO3/c1-3-15-13(7-8-20-15)16(18)14(10-17)11-5-4-6-12(9-11)19-2/h4-6,9,13-15H,3,7-8H2,1-2H3. The predicted octanol–water partition coefficient (Wildman–Crippen LogP) is 2.69. The Morgan fingerprint density at radius 1 is 1.60 bits per heavy atom. The molecule has 1 heterocycles. The fraction of sp³-hybridized carbons (Fsp3) is 0.500. The van der Waals surface area contributed by atoms with Gasteiger partial charge in [-0.1, -0.05) is 19.1 Å². The average Bonchev–Trinajstić information content (AvgIpc) is 2.96. The maximum atomic E-state index is 12.6. The van der Waals surface area contributed by atoms with E-state index in [2.05, 4.69) is 6.07 Å². The Bertz CT molecular complexity index is 521. The lowest BCUT2D eigenvalue weighted by Crippen LogP contribution is -2.28. The Morgan fingerprint density at radius 3 is 3.05 bits per heavy atom. The van der Waals surface area contributed by atoms with Crippen molar-refractivity contribution in [2.45, 2.75) is 31.8 Å². The van der Waals surface area contributed by atoms with E-state index < -0.39 is 5.92 Å². The number of ether oxygens (including phenoxy) is 2. The third-order valence-corrected chi connectivity index (χ3v) is 3.82. The molecule has 0 amide bonds. The first-order chi connectivity index (χ1) is 9.71. The van der Waals surface area contributed by atoms with Gasteiger partial charge in [0.1, 0.15) is 11.7 Å². The lowest BCUT2D eigenvalue weighted by Gasteiger charge is -2.18. The first-order valence-corrected chi connectivity index (χ1v) is 6.90. The summed E-state index contributed by atoms with van der Waals surface area (Å²) in [6.45, 7) is 2.61. The van der Waals surface area contributed by atoms with Crippen LogP contribution >= 0.6 is 0 Å². The van der Waals surface area contributed by atoms with Crippen LogP contribution in [0.2, 0.25) is 0 Å². The zero-order chi connectivity index (χ0) is 14.5. The summed E-state index contributed by atoms with van der Waals surface area (Å²) in [4.78, 5) is 12.6. The van der Waals surface area contributed by atoms with Gasteiger partial charge in [-0.2, -0.15) is 5.26 Å². The molecular formula is C16H19NO3. The van der Waals surface area contributed by atoms with Gasteiger partial charge in [-0.05, 0) is 30.5 Å². The average molecular weight is 273 g/mol. The molecule has 106 valence electrons. The van der Waals surface area contributed by atoms with Gasteiger partial charge >= 0.3 is 0 Å². The summed E-state index contributed by atoms with van der Waals surface area (Å²) >= 11 is 0. The van der Waals surface area contributed by atoms with Gasteiger partial charge in [-0.3, -0.25) is 4.79 Å². The Kier molecular flexibility index (Phi) is 4.75. The molecule has 0 saturated carbocycles. The van der Waals surface area contributed by atoms with Crippen molar-refractivity contribution in [1.82, 2.24) is 0 Å². The fourth-order valence-electron chi connectivity index (χ4n) is 2.71. The lowest BCUT2D eigenvalue weighted by atomic mass is 9.84. The van der Waals surface area contributed by atoms with E-state index in [1.165, 1.54) is 0 Å². The van der Waals surface area contributed by atoms with Crippen molar-refractivity contribution in [2.75, 3.05) is 13.7 Å². The minimum atomic E-state index is -0.745. The third kappa shape index (κ3) is 2.83. The monoisotopic (exact) mass is 273 g/mol. The van der Waals surface area contributed by atoms with Crippen LogP contribution in [0.1, 0.15) is 31.2 Å². The lowest BCUT2D eigenvalue weighted by molar-refractivity contribution is -0.124. The second-order valence-electron chi connectivity index (χ2n) is 4.95. The van der Waals surface area contributed by atoms with Crippen molar-refractivity contribution in [3.8, 4) is 11.8 Å². The molecule has 0 spiro atoms. The zero-order valence-corrected chi connectivity index (χ0v) is 11.8. The molecule has 20 heavy (non-hydrogen) atoms.